The zero-order valence-corrected chi connectivity index (χ0v) is 16.3. The number of thiazole rings is 1. The van der Waals surface area contributed by atoms with Crippen molar-refractivity contribution in [1.29, 1.82) is 0 Å². The molecule has 4 nitrogen and oxygen atoms in total. The number of nitrogens with zero attached hydrogens (tertiary/aromatic N) is 2. The van der Waals surface area contributed by atoms with Crippen LogP contribution < -0.4 is 5.32 Å². The number of pyridine rings is 1. The van der Waals surface area contributed by atoms with E-state index >= 15 is 0 Å². The van der Waals surface area contributed by atoms with Gasteiger partial charge in [0.25, 0.3) is 0 Å². The van der Waals surface area contributed by atoms with Crippen LogP contribution in [0.3, 0.4) is 0 Å². The van der Waals surface area contributed by atoms with Gasteiger partial charge in [-0.15, -0.1) is 11.3 Å². The maximum absolute atomic E-state index is 13.4. The number of rotatable bonds is 6. The van der Waals surface area contributed by atoms with Crippen molar-refractivity contribution in [2.75, 3.05) is 0 Å². The van der Waals surface area contributed by atoms with Crippen molar-refractivity contribution in [1.82, 2.24) is 15.3 Å². The molecule has 0 radical (unpaired) electrons. The number of carbonyl (C=O) groups is 1. The molecular formula is C23H18FN3OS. The van der Waals surface area contributed by atoms with E-state index in [4.69, 9.17) is 0 Å². The molecule has 29 heavy (non-hydrogen) atoms. The summed E-state index contributed by atoms with van der Waals surface area (Å²) < 4.78 is 13.4. The third-order valence-corrected chi connectivity index (χ3v) is 5.33. The van der Waals surface area contributed by atoms with E-state index in [2.05, 4.69) is 15.3 Å². The first-order valence-corrected chi connectivity index (χ1v) is 10.0. The average Bonchev–Trinajstić information content (AvgIpc) is 3.22. The van der Waals surface area contributed by atoms with Crippen LogP contribution in [0.4, 0.5) is 4.39 Å². The fourth-order valence-electron chi connectivity index (χ4n) is 3.04. The molecule has 0 aliphatic carbocycles. The van der Waals surface area contributed by atoms with Gasteiger partial charge in [0.2, 0.25) is 5.91 Å². The minimum Gasteiger partial charge on any atom is -0.343 e. The van der Waals surface area contributed by atoms with Crippen LogP contribution in [0.15, 0.2) is 84.4 Å². The highest BCUT2D eigenvalue weighted by atomic mass is 32.1. The molecule has 144 valence electrons. The summed E-state index contributed by atoms with van der Waals surface area (Å²) in [6, 6.07) is 21.3. The number of carbonyl (C=O) groups excluding carboxylic acids is 1. The molecular weight excluding hydrogens is 385 g/mol. The van der Waals surface area contributed by atoms with Crippen LogP contribution in [0.25, 0.3) is 10.6 Å². The molecule has 0 bridgehead atoms. The lowest BCUT2D eigenvalue weighted by Crippen LogP contribution is -2.31. The summed E-state index contributed by atoms with van der Waals surface area (Å²) >= 11 is 1.39. The molecule has 0 aliphatic heterocycles. The van der Waals surface area contributed by atoms with Gasteiger partial charge < -0.3 is 5.32 Å². The van der Waals surface area contributed by atoms with Crippen molar-refractivity contribution >= 4 is 17.2 Å². The molecule has 4 aromatic rings. The molecule has 0 spiro atoms. The quantitative estimate of drug-likeness (QED) is 0.503. The largest absolute Gasteiger partial charge is 0.343 e. The second-order valence-corrected chi connectivity index (χ2v) is 7.36. The van der Waals surface area contributed by atoms with Gasteiger partial charge in [-0.3, -0.25) is 9.78 Å². The lowest BCUT2D eigenvalue weighted by atomic mass is 10.0. The molecule has 0 saturated heterocycles. The maximum Gasteiger partial charge on any atom is 0.226 e. The van der Waals surface area contributed by atoms with E-state index in [1.54, 1.807) is 18.3 Å². The van der Waals surface area contributed by atoms with Crippen LogP contribution in [-0.4, -0.2) is 15.9 Å². The van der Waals surface area contributed by atoms with Crippen LogP contribution in [-0.2, 0) is 11.2 Å². The average molecular weight is 403 g/mol. The summed E-state index contributed by atoms with van der Waals surface area (Å²) in [7, 11) is 0. The zero-order valence-electron chi connectivity index (χ0n) is 15.5. The Morgan fingerprint density at radius 2 is 1.86 bits per heavy atom. The highest BCUT2D eigenvalue weighted by molar-refractivity contribution is 7.13. The molecule has 1 amide bonds. The third-order valence-electron chi connectivity index (χ3n) is 4.39. The van der Waals surface area contributed by atoms with Crippen molar-refractivity contribution in [2.24, 2.45) is 0 Å². The standard InChI is InChI=1S/C23H18FN3OS/c24-18-10-6-9-17(13-18)23-26-19(15-29-23)14-21(28)27-22(16-7-2-1-3-8-16)20-11-4-5-12-25-20/h1-13,15,22H,14H2,(H,27,28). The van der Waals surface area contributed by atoms with E-state index in [0.717, 1.165) is 11.3 Å². The summed E-state index contributed by atoms with van der Waals surface area (Å²) in [6.45, 7) is 0. The Morgan fingerprint density at radius 3 is 2.62 bits per heavy atom. The normalized spacial score (nSPS) is 11.8. The first-order valence-electron chi connectivity index (χ1n) is 9.14. The first-order chi connectivity index (χ1) is 14.2. The van der Waals surface area contributed by atoms with Crippen molar-refractivity contribution in [3.63, 3.8) is 0 Å². The van der Waals surface area contributed by atoms with Gasteiger partial charge in [-0.1, -0.05) is 48.5 Å². The molecule has 1 N–H and O–H groups in total. The second kappa shape index (κ2) is 8.75. The Kier molecular flexibility index (Phi) is 5.72. The summed E-state index contributed by atoms with van der Waals surface area (Å²) in [4.78, 5) is 21.6. The van der Waals surface area contributed by atoms with Gasteiger partial charge in [0.15, 0.2) is 0 Å². The number of aromatic nitrogens is 2. The van der Waals surface area contributed by atoms with Crippen molar-refractivity contribution in [3.05, 3.63) is 107 Å². The van der Waals surface area contributed by atoms with Gasteiger partial charge >= 0.3 is 0 Å². The Bertz CT molecular complexity index is 1060. The van der Waals surface area contributed by atoms with E-state index < -0.39 is 0 Å². The molecule has 2 heterocycles. The number of hydrogen-bond donors (Lipinski definition) is 1. The fourth-order valence-corrected chi connectivity index (χ4v) is 3.86. The SMILES string of the molecule is O=C(Cc1csc(-c2cccc(F)c2)n1)NC(c1ccccc1)c1ccccn1. The van der Waals surface area contributed by atoms with Gasteiger partial charge in [0, 0.05) is 17.1 Å². The molecule has 6 heteroatoms. The summed E-state index contributed by atoms with van der Waals surface area (Å²) in [5.41, 5.74) is 3.08. The number of benzene rings is 2. The van der Waals surface area contributed by atoms with Crippen LogP contribution in [0.1, 0.15) is 23.0 Å². The van der Waals surface area contributed by atoms with Crippen LogP contribution in [0.5, 0.6) is 0 Å². The molecule has 2 aromatic heterocycles. The molecule has 4 rings (SSSR count). The molecule has 1 unspecified atom stereocenters. The Morgan fingerprint density at radius 1 is 1.03 bits per heavy atom. The minimum absolute atomic E-state index is 0.141. The van der Waals surface area contributed by atoms with Crippen LogP contribution >= 0.6 is 11.3 Å². The Hall–Kier alpha value is -3.38. The monoisotopic (exact) mass is 403 g/mol. The molecule has 0 saturated carbocycles. The molecule has 1 atom stereocenters. The van der Waals surface area contributed by atoms with E-state index in [1.807, 2.05) is 53.9 Å². The number of amides is 1. The summed E-state index contributed by atoms with van der Waals surface area (Å²) in [5, 5.41) is 5.58. The molecule has 2 aromatic carbocycles. The topological polar surface area (TPSA) is 54.9 Å². The number of halogens is 1. The van der Waals surface area contributed by atoms with E-state index in [-0.39, 0.29) is 24.2 Å². The lowest BCUT2D eigenvalue weighted by Gasteiger charge is -2.18. The zero-order chi connectivity index (χ0) is 20.1. The van der Waals surface area contributed by atoms with Gasteiger partial charge in [0.05, 0.1) is 23.9 Å². The van der Waals surface area contributed by atoms with Crippen molar-refractivity contribution < 1.29 is 9.18 Å². The van der Waals surface area contributed by atoms with E-state index in [1.165, 1.54) is 23.5 Å². The lowest BCUT2D eigenvalue weighted by molar-refractivity contribution is -0.121. The Balaban J connectivity index is 1.50. The van der Waals surface area contributed by atoms with Gasteiger partial charge in [0.1, 0.15) is 10.8 Å². The molecule has 0 fully saturated rings. The number of nitrogens with one attached hydrogen (secondary N) is 1. The highest BCUT2D eigenvalue weighted by Gasteiger charge is 2.19. The summed E-state index contributed by atoms with van der Waals surface area (Å²) in [5.74, 6) is -0.460. The maximum atomic E-state index is 13.4. The second-order valence-electron chi connectivity index (χ2n) is 6.50. The van der Waals surface area contributed by atoms with Gasteiger partial charge in [-0.2, -0.15) is 0 Å². The van der Waals surface area contributed by atoms with E-state index in [0.29, 0.717) is 16.3 Å². The highest BCUT2D eigenvalue weighted by Crippen LogP contribution is 2.25. The smallest absolute Gasteiger partial charge is 0.226 e. The first kappa shape index (κ1) is 19.0. The number of hydrogen-bond acceptors (Lipinski definition) is 4. The minimum atomic E-state index is -0.341. The van der Waals surface area contributed by atoms with Crippen molar-refractivity contribution in [2.45, 2.75) is 12.5 Å². The molecule has 0 aliphatic rings. The van der Waals surface area contributed by atoms with Crippen molar-refractivity contribution in [3.8, 4) is 10.6 Å². The van der Waals surface area contributed by atoms with Gasteiger partial charge in [-0.05, 0) is 29.8 Å². The third kappa shape index (κ3) is 4.73. The van der Waals surface area contributed by atoms with Gasteiger partial charge in [-0.25, -0.2) is 9.37 Å². The summed E-state index contributed by atoms with van der Waals surface area (Å²) in [6.07, 6.45) is 1.85. The Labute approximate surface area is 172 Å². The predicted octanol–water partition coefficient (Wildman–Crippen LogP) is 4.79. The predicted molar refractivity (Wildman–Crippen MR) is 112 cm³/mol. The van der Waals surface area contributed by atoms with Crippen LogP contribution in [0.2, 0.25) is 0 Å². The van der Waals surface area contributed by atoms with Crippen LogP contribution in [0, 0.1) is 5.82 Å². The van der Waals surface area contributed by atoms with E-state index in [9.17, 15) is 9.18 Å². The fraction of sp³-hybridized carbons (Fsp3) is 0.0870.